The average molecular weight is 319 g/mol. The fraction of sp³-hybridized carbons (Fsp3) is 0.250. The van der Waals surface area contributed by atoms with Crippen LogP contribution in [0.2, 0.25) is 0 Å². The van der Waals surface area contributed by atoms with Crippen LogP contribution in [0, 0.1) is 6.92 Å². The Morgan fingerprint density at radius 3 is 2.62 bits per heavy atom. The van der Waals surface area contributed by atoms with Crippen molar-refractivity contribution < 1.29 is 8.42 Å². The molecule has 1 aliphatic rings. The van der Waals surface area contributed by atoms with Crippen LogP contribution >= 0.6 is 11.8 Å². The predicted octanol–water partition coefficient (Wildman–Crippen LogP) is 3.51. The molecule has 1 aliphatic heterocycles. The van der Waals surface area contributed by atoms with Gasteiger partial charge in [-0.3, -0.25) is 0 Å². The van der Waals surface area contributed by atoms with Crippen LogP contribution in [-0.4, -0.2) is 14.2 Å². The lowest BCUT2D eigenvalue weighted by Gasteiger charge is -2.26. The minimum atomic E-state index is -3.49. The average Bonchev–Trinajstić information content (AvgIpc) is 2.47. The van der Waals surface area contributed by atoms with Gasteiger partial charge in [-0.2, -0.15) is 0 Å². The van der Waals surface area contributed by atoms with E-state index >= 15 is 0 Å². The Labute approximate surface area is 129 Å². The van der Waals surface area contributed by atoms with E-state index in [1.54, 1.807) is 23.9 Å². The number of aryl methyl sites for hydroxylation is 1. The maximum atomic E-state index is 12.6. The molecule has 1 N–H and O–H groups in total. The van der Waals surface area contributed by atoms with Gasteiger partial charge in [-0.05, 0) is 42.4 Å². The molecule has 1 atom stereocenters. The fourth-order valence-electron chi connectivity index (χ4n) is 2.57. The van der Waals surface area contributed by atoms with E-state index < -0.39 is 10.0 Å². The molecule has 0 saturated heterocycles. The van der Waals surface area contributed by atoms with Gasteiger partial charge < -0.3 is 0 Å². The highest BCUT2D eigenvalue weighted by Gasteiger charge is 2.26. The first-order chi connectivity index (χ1) is 10.1. The third-order valence-corrected chi connectivity index (χ3v) is 6.39. The van der Waals surface area contributed by atoms with E-state index in [1.807, 2.05) is 43.3 Å². The molecule has 2 aromatic rings. The maximum absolute atomic E-state index is 12.6. The Kier molecular flexibility index (Phi) is 4.06. The number of hydrogen-bond acceptors (Lipinski definition) is 3. The normalized spacial score (nSPS) is 18.2. The fourth-order valence-corrected chi connectivity index (χ4v) is 5.19. The highest BCUT2D eigenvalue weighted by Crippen LogP contribution is 2.36. The highest BCUT2D eigenvalue weighted by molar-refractivity contribution is 7.99. The summed E-state index contributed by atoms with van der Waals surface area (Å²) in [6.07, 6.45) is 0.812. The van der Waals surface area contributed by atoms with Crippen LogP contribution in [0.5, 0.6) is 0 Å². The van der Waals surface area contributed by atoms with Gasteiger partial charge in [0.15, 0.2) is 0 Å². The van der Waals surface area contributed by atoms with Crippen molar-refractivity contribution in [2.75, 3.05) is 5.75 Å². The van der Waals surface area contributed by atoms with Gasteiger partial charge in [-0.1, -0.05) is 36.4 Å². The Morgan fingerprint density at radius 2 is 1.81 bits per heavy atom. The first-order valence-electron chi connectivity index (χ1n) is 6.87. The molecule has 3 rings (SSSR count). The summed E-state index contributed by atoms with van der Waals surface area (Å²) in [5, 5.41) is 0. The molecule has 0 amide bonds. The van der Waals surface area contributed by atoms with Crippen molar-refractivity contribution >= 4 is 21.8 Å². The molecule has 1 heterocycles. The van der Waals surface area contributed by atoms with Crippen molar-refractivity contribution in [1.82, 2.24) is 4.72 Å². The molecule has 0 saturated carbocycles. The van der Waals surface area contributed by atoms with Crippen LogP contribution < -0.4 is 4.72 Å². The van der Waals surface area contributed by atoms with E-state index in [-0.39, 0.29) is 6.04 Å². The SMILES string of the molecule is Cc1ccccc1S(=O)(=O)NC1CCSc2ccccc21. The van der Waals surface area contributed by atoms with Crippen molar-refractivity contribution in [2.45, 2.75) is 29.2 Å². The van der Waals surface area contributed by atoms with Crippen LogP contribution in [0.1, 0.15) is 23.6 Å². The predicted molar refractivity (Wildman–Crippen MR) is 86.0 cm³/mol. The largest absolute Gasteiger partial charge is 0.241 e. The van der Waals surface area contributed by atoms with Gasteiger partial charge in [0.2, 0.25) is 10.0 Å². The summed E-state index contributed by atoms with van der Waals surface area (Å²) in [6, 6.07) is 14.9. The Balaban J connectivity index is 1.93. The zero-order valence-electron chi connectivity index (χ0n) is 11.7. The number of benzene rings is 2. The number of thioether (sulfide) groups is 1. The number of sulfonamides is 1. The van der Waals surface area contributed by atoms with Gasteiger partial charge in [-0.25, -0.2) is 13.1 Å². The minimum absolute atomic E-state index is 0.146. The third kappa shape index (κ3) is 3.00. The smallest absolute Gasteiger partial charge is 0.207 e. The topological polar surface area (TPSA) is 46.2 Å². The monoisotopic (exact) mass is 319 g/mol. The van der Waals surface area contributed by atoms with Crippen molar-refractivity contribution in [3.63, 3.8) is 0 Å². The molecule has 0 radical (unpaired) electrons. The Bertz CT molecular complexity index is 756. The first kappa shape index (κ1) is 14.6. The molecular formula is C16H17NO2S2. The minimum Gasteiger partial charge on any atom is -0.207 e. The second-order valence-corrected chi connectivity index (χ2v) is 7.93. The quantitative estimate of drug-likeness (QED) is 0.941. The number of nitrogens with one attached hydrogen (secondary N) is 1. The summed E-state index contributed by atoms with van der Waals surface area (Å²) in [7, 11) is -3.49. The maximum Gasteiger partial charge on any atom is 0.241 e. The summed E-state index contributed by atoms with van der Waals surface area (Å²) in [6.45, 7) is 1.82. The third-order valence-electron chi connectivity index (χ3n) is 3.64. The van der Waals surface area contributed by atoms with E-state index in [0.717, 1.165) is 23.3 Å². The van der Waals surface area contributed by atoms with Crippen LogP contribution in [0.3, 0.4) is 0 Å². The van der Waals surface area contributed by atoms with Crippen LogP contribution in [0.4, 0.5) is 0 Å². The molecule has 0 aromatic heterocycles. The molecule has 1 unspecified atom stereocenters. The molecule has 5 heteroatoms. The zero-order chi connectivity index (χ0) is 14.9. The molecular weight excluding hydrogens is 302 g/mol. The van der Waals surface area contributed by atoms with Crippen molar-refractivity contribution in [3.8, 4) is 0 Å². The van der Waals surface area contributed by atoms with Gasteiger partial charge in [0, 0.05) is 10.9 Å². The number of rotatable bonds is 3. The van der Waals surface area contributed by atoms with Gasteiger partial charge in [0.25, 0.3) is 0 Å². The first-order valence-corrected chi connectivity index (χ1v) is 9.34. The summed E-state index contributed by atoms with van der Waals surface area (Å²) in [5.41, 5.74) is 1.84. The van der Waals surface area contributed by atoms with Crippen LogP contribution in [0.25, 0.3) is 0 Å². The molecule has 0 spiro atoms. The lowest BCUT2D eigenvalue weighted by molar-refractivity contribution is 0.545. The van der Waals surface area contributed by atoms with E-state index in [0.29, 0.717) is 4.90 Å². The van der Waals surface area contributed by atoms with Crippen molar-refractivity contribution in [1.29, 1.82) is 0 Å². The molecule has 2 aromatic carbocycles. The summed E-state index contributed by atoms with van der Waals surface area (Å²) in [4.78, 5) is 1.53. The summed E-state index contributed by atoms with van der Waals surface area (Å²) in [5.74, 6) is 0.929. The van der Waals surface area contributed by atoms with Crippen molar-refractivity contribution in [2.24, 2.45) is 0 Å². The second-order valence-electron chi connectivity index (χ2n) is 5.11. The van der Waals surface area contributed by atoms with E-state index in [1.165, 1.54) is 4.90 Å². The van der Waals surface area contributed by atoms with E-state index in [4.69, 9.17) is 0 Å². The molecule has 0 aliphatic carbocycles. The number of fused-ring (bicyclic) bond motifs is 1. The lowest BCUT2D eigenvalue weighted by atomic mass is 10.1. The molecule has 0 bridgehead atoms. The Morgan fingerprint density at radius 1 is 1.10 bits per heavy atom. The molecule has 110 valence electrons. The van der Waals surface area contributed by atoms with E-state index in [2.05, 4.69) is 4.72 Å². The van der Waals surface area contributed by atoms with E-state index in [9.17, 15) is 8.42 Å². The zero-order valence-corrected chi connectivity index (χ0v) is 13.4. The van der Waals surface area contributed by atoms with Gasteiger partial charge >= 0.3 is 0 Å². The Hall–Kier alpha value is -1.30. The standard InChI is InChI=1S/C16H17NO2S2/c1-12-6-2-5-9-16(12)21(18,19)17-14-10-11-20-15-8-4-3-7-13(14)15/h2-9,14,17H,10-11H2,1H3. The molecule has 21 heavy (non-hydrogen) atoms. The lowest BCUT2D eigenvalue weighted by Crippen LogP contribution is -2.31. The molecule has 0 fully saturated rings. The summed E-state index contributed by atoms with van der Waals surface area (Å²) < 4.78 is 28.1. The van der Waals surface area contributed by atoms with Crippen LogP contribution in [-0.2, 0) is 10.0 Å². The van der Waals surface area contributed by atoms with Gasteiger partial charge in [0.1, 0.15) is 0 Å². The summed E-state index contributed by atoms with van der Waals surface area (Å²) >= 11 is 1.78. The highest BCUT2D eigenvalue weighted by atomic mass is 32.2. The van der Waals surface area contributed by atoms with Crippen molar-refractivity contribution in [3.05, 3.63) is 59.7 Å². The number of hydrogen-bond donors (Lipinski definition) is 1. The second kappa shape index (κ2) is 5.83. The van der Waals surface area contributed by atoms with Gasteiger partial charge in [0.05, 0.1) is 4.90 Å². The van der Waals surface area contributed by atoms with Gasteiger partial charge in [-0.15, -0.1) is 11.8 Å². The molecule has 3 nitrogen and oxygen atoms in total. The van der Waals surface area contributed by atoms with Crippen LogP contribution in [0.15, 0.2) is 58.3 Å².